The van der Waals surface area contributed by atoms with Crippen LogP contribution in [0.15, 0.2) is 53.0 Å². The normalized spacial score (nSPS) is 21.5. The molecule has 28 heavy (non-hydrogen) atoms. The predicted molar refractivity (Wildman–Crippen MR) is 109 cm³/mol. The molecule has 4 rings (SSSR count). The van der Waals surface area contributed by atoms with Crippen molar-refractivity contribution in [1.82, 2.24) is 10.2 Å². The molecule has 2 heterocycles. The van der Waals surface area contributed by atoms with Crippen LogP contribution in [0.2, 0.25) is 0 Å². The summed E-state index contributed by atoms with van der Waals surface area (Å²) in [5, 5.41) is 2.75. The fourth-order valence-corrected chi connectivity index (χ4v) is 4.25. The summed E-state index contributed by atoms with van der Waals surface area (Å²) in [5.74, 6) is -0.677. The molecule has 0 spiro atoms. The van der Waals surface area contributed by atoms with E-state index in [0.29, 0.717) is 12.1 Å². The Morgan fingerprint density at radius 3 is 2.75 bits per heavy atom. The minimum Gasteiger partial charge on any atom is -0.319 e. The minimum atomic E-state index is -1.19. The Morgan fingerprint density at radius 1 is 1.18 bits per heavy atom. The molecule has 144 valence electrons. The highest BCUT2D eigenvalue weighted by molar-refractivity contribution is 9.10. The average molecular weight is 442 g/mol. The van der Waals surface area contributed by atoms with Gasteiger partial charge in [-0.25, -0.2) is 4.79 Å². The van der Waals surface area contributed by atoms with E-state index in [-0.39, 0.29) is 12.5 Å². The molecule has 1 N–H and O–H groups in total. The Labute approximate surface area is 171 Å². The number of anilines is 1. The molecule has 1 fully saturated rings. The number of amides is 4. The maximum Gasteiger partial charge on any atom is 0.325 e. The maximum atomic E-state index is 13.1. The van der Waals surface area contributed by atoms with Crippen molar-refractivity contribution in [3.8, 4) is 0 Å². The van der Waals surface area contributed by atoms with Crippen LogP contribution in [0.1, 0.15) is 24.5 Å². The van der Waals surface area contributed by atoms with Crippen molar-refractivity contribution in [3.63, 3.8) is 0 Å². The minimum absolute atomic E-state index is 0.255. The smallest absolute Gasteiger partial charge is 0.319 e. The molecule has 0 bridgehead atoms. The number of imide groups is 1. The summed E-state index contributed by atoms with van der Waals surface area (Å²) >= 11 is 3.39. The second-order valence-electron chi connectivity index (χ2n) is 7.23. The van der Waals surface area contributed by atoms with Crippen molar-refractivity contribution in [2.45, 2.75) is 25.3 Å². The van der Waals surface area contributed by atoms with Crippen molar-refractivity contribution >= 4 is 39.5 Å². The number of rotatable bonds is 3. The number of hydrogen-bond acceptors (Lipinski definition) is 3. The third-order valence-corrected chi connectivity index (χ3v) is 5.87. The molecule has 0 aromatic heterocycles. The number of hydrogen-bond donors (Lipinski definition) is 1. The lowest BCUT2D eigenvalue weighted by Crippen LogP contribution is -2.46. The zero-order valence-corrected chi connectivity index (χ0v) is 17.0. The van der Waals surface area contributed by atoms with E-state index >= 15 is 0 Å². The quantitative estimate of drug-likeness (QED) is 0.743. The maximum absolute atomic E-state index is 13.1. The van der Waals surface area contributed by atoms with Gasteiger partial charge < -0.3 is 10.2 Å². The number of urea groups is 1. The number of fused-ring (bicyclic) bond motifs is 1. The number of aryl methyl sites for hydroxylation is 1. The summed E-state index contributed by atoms with van der Waals surface area (Å²) in [6, 6.07) is 14.4. The standard InChI is InChI=1S/C21H20BrN3O3/c1-21(15-8-4-9-16(22)12-15)19(27)25(20(28)23-21)13-18(26)24-11-5-7-14-6-2-3-10-17(14)24/h2-4,6,8-10,12H,5,7,11,13H2,1H3,(H,23,28)/t21-/m0/s1. The van der Waals surface area contributed by atoms with E-state index in [1.807, 2.05) is 36.4 Å². The molecular weight excluding hydrogens is 422 g/mol. The van der Waals surface area contributed by atoms with Gasteiger partial charge in [0.25, 0.3) is 5.91 Å². The van der Waals surface area contributed by atoms with Gasteiger partial charge in [-0.3, -0.25) is 14.5 Å². The van der Waals surface area contributed by atoms with Gasteiger partial charge in [-0.1, -0.05) is 46.3 Å². The van der Waals surface area contributed by atoms with Gasteiger partial charge in [-0.2, -0.15) is 0 Å². The average Bonchev–Trinajstić information content (AvgIpc) is 2.91. The van der Waals surface area contributed by atoms with Crippen LogP contribution in [-0.4, -0.2) is 35.8 Å². The summed E-state index contributed by atoms with van der Waals surface area (Å²) in [7, 11) is 0. The second-order valence-corrected chi connectivity index (χ2v) is 8.15. The molecule has 0 radical (unpaired) electrons. The van der Waals surface area contributed by atoms with Gasteiger partial charge in [0.1, 0.15) is 12.1 Å². The van der Waals surface area contributed by atoms with Crippen LogP contribution in [0.5, 0.6) is 0 Å². The van der Waals surface area contributed by atoms with Crippen LogP contribution in [-0.2, 0) is 21.5 Å². The Kier molecular flexibility index (Phi) is 4.71. The highest BCUT2D eigenvalue weighted by Crippen LogP contribution is 2.31. The highest BCUT2D eigenvalue weighted by atomic mass is 79.9. The SMILES string of the molecule is C[C@@]1(c2cccc(Br)c2)NC(=O)N(CC(=O)N2CCCc3ccccc32)C1=O. The molecule has 2 aliphatic heterocycles. The number of carbonyl (C=O) groups is 3. The van der Waals surface area contributed by atoms with Crippen LogP contribution in [0.3, 0.4) is 0 Å². The van der Waals surface area contributed by atoms with E-state index in [9.17, 15) is 14.4 Å². The number of benzene rings is 2. The molecule has 1 atom stereocenters. The zero-order valence-electron chi connectivity index (χ0n) is 15.4. The van der Waals surface area contributed by atoms with Gasteiger partial charge in [0.15, 0.2) is 0 Å². The summed E-state index contributed by atoms with van der Waals surface area (Å²) < 4.78 is 0.813. The Morgan fingerprint density at radius 2 is 1.96 bits per heavy atom. The first-order valence-corrected chi connectivity index (χ1v) is 9.98. The lowest BCUT2D eigenvalue weighted by molar-refractivity contribution is -0.134. The first kappa shape index (κ1) is 18.7. The predicted octanol–water partition coefficient (Wildman–Crippen LogP) is 3.20. The third-order valence-electron chi connectivity index (χ3n) is 5.38. The van der Waals surface area contributed by atoms with Gasteiger partial charge in [0, 0.05) is 16.7 Å². The van der Waals surface area contributed by atoms with Crippen molar-refractivity contribution in [3.05, 3.63) is 64.1 Å². The lowest BCUT2D eigenvalue weighted by atomic mass is 9.92. The van der Waals surface area contributed by atoms with Gasteiger partial charge in [-0.15, -0.1) is 0 Å². The van der Waals surface area contributed by atoms with Gasteiger partial charge in [0.05, 0.1) is 0 Å². The second kappa shape index (κ2) is 7.05. The Hall–Kier alpha value is -2.67. The van der Waals surface area contributed by atoms with Crippen molar-refractivity contribution < 1.29 is 14.4 Å². The van der Waals surface area contributed by atoms with Crippen LogP contribution >= 0.6 is 15.9 Å². The molecule has 0 aliphatic carbocycles. The molecule has 2 aromatic carbocycles. The van der Waals surface area contributed by atoms with Gasteiger partial charge >= 0.3 is 6.03 Å². The fourth-order valence-electron chi connectivity index (χ4n) is 3.85. The summed E-state index contributed by atoms with van der Waals surface area (Å²) in [4.78, 5) is 41.2. The first-order chi connectivity index (χ1) is 13.4. The van der Waals surface area contributed by atoms with Gasteiger partial charge in [0.2, 0.25) is 5.91 Å². The van der Waals surface area contributed by atoms with Crippen LogP contribution in [0.25, 0.3) is 0 Å². The van der Waals surface area contributed by atoms with Crippen molar-refractivity contribution in [2.75, 3.05) is 18.0 Å². The Balaban J connectivity index is 1.57. The largest absolute Gasteiger partial charge is 0.325 e. The summed E-state index contributed by atoms with van der Waals surface area (Å²) in [6.07, 6.45) is 1.78. The monoisotopic (exact) mass is 441 g/mol. The van der Waals surface area contributed by atoms with Gasteiger partial charge in [-0.05, 0) is 49.1 Å². The molecule has 0 unspecified atom stereocenters. The van der Waals surface area contributed by atoms with E-state index in [1.54, 1.807) is 24.0 Å². The topological polar surface area (TPSA) is 69.7 Å². The molecular formula is C21H20BrN3O3. The summed E-state index contributed by atoms with van der Waals surface area (Å²) in [5.41, 5.74) is 1.44. The number of halogens is 1. The number of nitrogens with zero attached hydrogens (tertiary/aromatic N) is 2. The highest BCUT2D eigenvalue weighted by Gasteiger charge is 2.49. The zero-order chi connectivity index (χ0) is 19.9. The van der Waals surface area contributed by atoms with E-state index in [4.69, 9.17) is 0 Å². The lowest BCUT2D eigenvalue weighted by Gasteiger charge is -2.30. The summed E-state index contributed by atoms with van der Waals surface area (Å²) in [6.45, 7) is 1.97. The number of para-hydroxylation sites is 1. The molecule has 2 aromatic rings. The van der Waals surface area contributed by atoms with Crippen LogP contribution < -0.4 is 10.2 Å². The number of nitrogens with one attached hydrogen (secondary N) is 1. The van der Waals surface area contributed by atoms with E-state index in [0.717, 1.165) is 33.5 Å². The molecule has 4 amide bonds. The van der Waals surface area contributed by atoms with Crippen molar-refractivity contribution in [2.24, 2.45) is 0 Å². The molecule has 1 saturated heterocycles. The molecule has 2 aliphatic rings. The molecule has 0 saturated carbocycles. The van der Waals surface area contributed by atoms with E-state index in [2.05, 4.69) is 21.2 Å². The third kappa shape index (κ3) is 3.09. The van der Waals surface area contributed by atoms with Crippen LogP contribution in [0, 0.1) is 0 Å². The van der Waals surface area contributed by atoms with Crippen LogP contribution in [0.4, 0.5) is 10.5 Å². The molecule has 6 nitrogen and oxygen atoms in total. The van der Waals surface area contributed by atoms with E-state index in [1.165, 1.54) is 0 Å². The first-order valence-electron chi connectivity index (χ1n) is 9.18. The fraction of sp³-hybridized carbons (Fsp3) is 0.286. The van der Waals surface area contributed by atoms with Crippen molar-refractivity contribution in [1.29, 1.82) is 0 Å². The Bertz CT molecular complexity index is 977. The van der Waals surface area contributed by atoms with E-state index < -0.39 is 17.5 Å². The molecule has 7 heteroatoms. The number of carbonyl (C=O) groups excluding carboxylic acids is 3.